The second kappa shape index (κ2) is 5.94. The van der Waals surface area contributed by atoms with E-state index < -0.39 is 11.2 Å². The van der Waals surface area contributed by atoms with Crippen LogP contribution in [0.15, 0.2) is 56.1 Å². The SMILES string of the molecule is Cn1c(=O)oc2cc(NC(=O)C(C)(C)c3cccc(Br)c3)ccc21. The van der Waals surface area contributed by atoms with Gasteiger partial charge < -0.3 is 9.73 Å². The average molecular weight is 389 g/mol. The molecule has 0 aliphatic heterocycles. The molecule has 1 N–H and O–H groups in total. The first-order valence-corrected chi connectivity index (χ1v) is 8.25. The van der Waals surface area contributed by atoms with E-state index in [1.807, 2.05) is 38.1 Å². The Morgan fingerprint density at radius 3 is 2.67 bits per heavy atom. The molecule has 1 aromatic heterocycles. The van der Waals surface area contributed by atoms with E-state index in [4.69, 9.17) is 4.42 Å². The van der Waals surface area contributed by atoms with Crippen LogP contribution in [0.3, 0.4) is 0 Å². The van der Waals surface area contributed by atoms with Crippen molar-refractivity contribution in [2.75, 3.05) is 5.32 Å². The zero-order valence-electron chi connectivity index (χ0n) is 13.6. The Balaban J connectivity index is 1.90. The van der Waals surface area contributed by atoms with E-state index in [-0.39, 0.29) is 5.91 Å². The van der Waals surface area contributed by atoms with Crippen LogP contribution in [0.5, 0.6) is 0 Å². The molecule has 0 aliphatic carbocycles. The number of nitrogens with zero attached hydrogens (tertiary/aromatic N) is 1. The van der Waals surface area contributed by atoms with Crippen molar-refractivity contribution in [1.82, 2.24) is 4.57 Å². The summed E-state index contributed by atoms with van der Waals surface area (Å²) in [6.07, 6.45) is 0. The van der Waals surface area contributed by atoms with E-state index >= 15 is 0 Å². The van der Waals surface area contributed by atoms with Gasteiger partial charge in [0.15, 0.2) is 5.58 Å². The van der Waals surface area contributed by atoms with E-state index in [9.17, 15) is 9.59 Å². The Morgan fingerprint density at radius 1 is 1.21 bits per heavy atom. The first kappa shape index (κ1) is 16.5. The molecule has 5 nitrogen and oxygen atoms in total. The van der Waals surface area contributed by atoms with Gasteiger partial charge in [0.1, 0.15) is 0 Å². The number of oxazole rings is 1. The number of anilines is 1. The maximum absolute atomic E-state index is 12.7. The van der Waals surface area contributed by atoms with Crippen LogP contribution in [0.2, 0.25) is 0 Å². The van der Waals surface area contributed by atoms with E-state index in [0.717, 1.165) is 10.0 Å². The molecule has 0 aliphatic rings. The van der Waals surface area contributed by atoms with Gasteiger partial charge in [-0.1, -0.05) is 28.1 Å². The molecule has 1 heterocycles. The number of halogens is 1. The molecule has 0 radical (unpaired) electrons. The minimum absolute atomic E-state index is 0.141. The Morgan fingerprint density at radius 2 is 1.96 bits per heavy atom. The van der Waals surface area contributed by atoms with Crippen molar-refractivity contribution in [1.29, 1.82) is 0 Å². The molecule has 0 fully saturated rings. The van der Waals surface area contributed by atoms with Crippen LogP contribution in [-0.2, 0) is 17.3 Å². The number of fused-ring (bicyclic) bond motifs is 1. The first-order chi connectivity index (χ1) is 11.3. The summed E-state index contributed by atoms with van der Waals surface area (Å²) in [7, 11) is 1.64. The normalized spacial score (nSPS) is 11.7. The number of benzene rings is 2. The maximum atomic E-state index is 12.7. The second-order valence-corrected chi connectivity index (χ2v) is 7.11. The summed E-state index contributed by atoms with van der Waals surface area (Å²) >= 11 is 3.43. The van der Waals surface area contributed by atoms with Crippen molar-refractivity contribution >= 4 is 38.6 Å². The van der Waals surface area contributed by atoms with Gasteiger partial charge in [0.25, 0.3) is 0 Å². The first-order valence-electron chi connectivity index (χ1n) is 7.46. The van der Waals surface area contributed by atoms with E-state index in [1.165, 1.54) is 4.57 Å². The molecule has 0 saturated heterocycles. The Kier molecular flexibility index (Phi) is 4.09. The third kappa shape index (κ3) is 2.89. The molecule has 3 rings (SSSR count). The Hall–Kier alpha value is -2.34. The third-order valence-electron chi connectivity index (χ3n) is 4.16. The number of carbonyl (C=O) groups is 1. The summed E-state index contributed by atoms with van der Waals surface area (Å²) in [4.78, 5) is 24.3. The summed E-state index contributed by atoms with van der Waals surface area (Å²) in [5, 5.41) is 2.90. The molecule has 0 atom stereocenters. The number of carbonyl (C=O) groups excluding carboxylic acids is 1. The van der Waals surface area contributed by atoms with Crippen LogP contribution in [0.4, 0.5) is 5.69 Å². The summed E-state index contributed by atoms with van der Waals surface area (Å²) < 4.78 is 7.50. The van der Waals surface area contributed by atoms with Crippen LogP contribution in [0, 0.1) is 0 Å². The lowest BCUT2D eigenvalue weighted by atomic mass is 9.83. The highest BCUT2D eigenvalue weighted by Crippen LogP contribution is 2.28. The Labute approximate surface area is 147 Å². The van der Waals surface area contributed by atoms with Crippen molar-refractivity contribution in [2.24, 2.45) is 7.05 Å². The monoisotopic (exact) mass is 388 g/mol. The fourth-order valence-corrected chi connectivity index (χ4v) is 2.91. The van der Waals surface area contributed by atoms with Crippen molar-refractivity contribution in [2.45, 2.75) is 19.3 Å². The fourth-order valence-electron chi connectivity index (χ4n) is 2.51. The third-order valence-corrected chi connectivity index (χ3v) is 4.66. The largest absolute Gasteiger partial charge is 0.419 e. The molecular formula is C18H17BrN2O3. The summed E-state index contributed by atoms with van der Waals surface area (Å²) in [6.45, 7) is 3.73. The fraction of sp³-hybridized carbons (Fsp3) is 0.222. The van der Waals surface area contributed by atoms with Gasteiger partial charge in [0.2, 0.25) is 5.91 Å². The van der Waals surface area contributed by atoms with Crippen molar-refractivity contribution in [3.63, 3.8) is 0 Å². The molecule has 24 heavy (non-hydrogen) atoms. The highest BCUT2D eigenvalue weighted by molar-refractivity contribution is 9.10. The molecule has 3 aromatic rings. The maximum Gasteiger partial charge on any atom is 0.419 e. The summed E-state index contributed by atoms with van der Waals surface area (Å²) in [5.74, 6) is -0.568. The molecule has 0 unspecified atom stereocenters. The molecule has 0 spiro atoms. The molecular weight excluding hydrogens is 372 g/mol. The van der Waals surface area contributed by atoms with Crippen molar-refractivity contribution in [3.05, 3.63) is 63.1 Å². The van der Waals surface area contributed by atoms with Gasteiger partial charge in [-0.05, 0) is 43.7 Å². The van der Waals surface area contributed by atoms with Crippen LogP contribution < -0.4 is 11.1 Å². The topological polar surface area (TPSA) is 64.2 Å². The standard InChI is InChI=1S/C18H17BrN2O3/c1-18(2,11-5-4-6-12(19)9-11)16(22)20-13-7-8-14-15(10-13)24-17(23)21(14)3/h4-10H,1-3H3,(H,20,22). The molecule has 124 valence electrons. The second-order valence-electron chi connectivity index (χ2n) is 6.20. The number of amides is 1. The van der Waals surface area contributed by atoms with Crippen molar-refractivity contribution in [3.8, 4) is 0 Å². The molecule has 6 heteroatoms. The molecule has 0 bridgehead atoms. The number of hydrogen-bond donors (Lipinski definition) is 1. The van der Waals surface area contributed by atoms with Gasteiger partial charge in [-0.15, -0.1) is 0 Å². The van der Waals surface area contributed by atoms with Gasteiger partial charge in [0, 0.05) is 23.3 Å². The number of aromatic nitrogens is 1. The quantitative estimate of drug-likeness (QED) is 0.741. The highest BCUT2D eigenvalue weighted by atomic mass is 79.9. The number of aryl methyl sites for hydroxylation is 1. The summed E-state index contributed by atoms with van der Waals surface area (Å²) in [5.41, 5.74) is 1.91. The van der Waals surface area contributed by atoms with Gasteiger partial charge in [-0.25, -0.2) is 4.79 Å². The predicted molar refractivity (Wildman–Crippen MR) is 97.3 cm³/mol. The Bertz CT molecular complexity index is 985. The van der Waals surface area contributed by atoms with Gasteiger partial charge >= 0.3 is 5.76 Å². The minimum Gasteiger partial charge on any atom is -0.408 e. The lowest BCUT2D eigenvalue weighted by Crippen LogP contribution is -2.34. The van der Waals surface area contributed by atoms with Crippen LogP contribution in [0.25, 0.3) is 11.1 Å². The molecule has 1 amide bonds. The summed E-state index contributed by atoms with van der Waals surface area (Å²) in [6, 6.07) is 12.8. The zero-order valence-corrected chi connectivity index (χ0v) is 15.2. The smallest absolute Gasteiger partial charge is 0.408 e. The molecule has 2 aromatic carbocycles. The van der Waals surface area contributed by atoms with E-state index in [1.54, 1.807) is 25.2 Å². The number of hydrogen-bond acceptors (Lipinski definition) is 3. The van der Waals surface area contributed by atoms with Crippen molar-refractivity contribution < 1.29 is 9.21 Å². The highest BCUT2D eigenvalue weighted by Gasteiger charge is 2.30. The van der Waals surface area contributed by atoms with E-state index in [2.05, 4.69) is 21.2 Å². The zero-order chi connectivity index (χ0) is 17.5. The van der Waals surface area contributed by atoms with Gasteiger partial charge in [-0.2, -0.15) is 0 Å². The lowest BCUT2D eigenvalue weighted by Gasteiger charge is -2.24. The van der Waals surface area contributed by atoms with Crippen LogP contribution in [0.1, 0.15) is 19.4 Å². The molecule has 0 saturated carbocycles. The van der Waals surface area contributed by atoms with Crippen LogP contribution >= 0.6 is 15.9 Å². The number of rotatable bonds is 3. The predicted octanol–water partition coefficient (Wildman–Crippen LogP) is 3.81. The number of nitrogens with one attached hydrogen (secondary N) is 1. The van der Waals surface area contributed by atoms with Crippen LogP contribution in [-0.4, -0.2) is 10.5 Å². The lowest BCUT2D eigenvalue weighted by molar-refractivity contribution is -0.120. The van der Waals surface area contributed by atoms with E-state index in [0.29, 0.717) is 16.8 Å². The minimum atomic E-state index is -0.712. The van der Waals surface area contributed by atoms with Gasteiger partial charge in [0.05, 0.1) is 10.9 Å². The van der Waals surface area contributed by atoms with Gasteiger partial charge in [-0.3, -0.25) is 9.36 Å². The average Bonchev–Trinajstić information content (AvgIpc) is 2.81.